The van der Waals surface area contributed by atoms with Gasteiger partial charge in [0.2, 0.25) is 0 Å². The van der Waals surface area contributed by atoms with Crippen LogP contribution in [0.1, 0.15) is 11.3 Å². The van der Waals surface area contributed by atoms with Gasteiger partial charge in [0.25, 0.3) is 16.8 Å². The highest BCUT2D eigenvalue weighted by atomic mass is 79.9. The number of amides is 2. The number of carbonyl (C=O) groups excluding carboxylic acids is 2. The molecule has 2 amide bonds. The molecule has 2 aromatic rings. The van der Waals surface area contributed by atoms with Crippen molar-refractivity contribution in [3.63, 3.8) is 0 Å². The van der Waals surface area contributed by atoms with Crippen LogP contribution in [0.25, 0.3) is 6.08 Å². The van der Waals surface area contributed by atoms with Crippen LogP contribution in [-0.4, -0.2) is 21.0 Å². The molecule has 0 aliphatic carbocycles. The summed E-state index contributed by atoms with van der Waals surface area (Å²) in [5, 5.41) is 10.4. The van der Waals surface area contributed by atoms with Crippen molar-refractivity contribution in [1.82, 2.24) is 4.90 Å². The van der Waals surface area contributed by atoms with Crippen LogP contribution in [0.15, 0.2) is 50.4 Å². The lowest BCUT2D eigenvalue weighted by Crippen LogP contribution is -2.27. The molecule has 0 unspecified atom stereocenters. The number of furan rings is 1. The third-order valence-corrected chi connectivity index (χ3v) is 4.54. The summed E-state index contributed by atoms with van der Waals surface area (Å²) in [6, 6.07) is 9.19. The molecule has 1 aliphatic heterocycles. The number of nitrogens with zero attached hydrogens (tertiary/aromatic N) is 2. The predicted octanol–water partition coefficient (Wildman–Crippen LogP) is 4.19. The second-order valence-electron chi connectivity index (χ2n) is 4.84. The van der Waals surface area contributed by atoms with Gasteiger partial charge in [-0.15, -0.1) is 0 Å². The summed E-state index contributed by atoms with van der Waals surface area (Å²) < 4.78 is 5.81. The molecule has 0 bridgehead atoms. The van der Waals surface area contributed by atoms with Crippen molar-refractivity contribution in [2.75, 3.05) is 0 Å². The molecule has 7 nitrogen and oxygen atoms in total. The van der Waals surface area contributed by atoms with Gasteiger partial charge in [0, 0.05) is 18.2 Å². The van der Waals surface area contributed by atoms with Gasteiger partial charge in [0.05, 0.1) is 16.4 Å². The highest BCUT2D eigenvalue weighted by Gasteiger charge is 2.35. The fourth-order valence-corrected chi connectivity index (χ4v) is 3.26. The van der Waals surface area contributed by atoms with Gasteiger partial charge in [-0.05, 0) is 45.4 Å². The van der Waals surface area contributed by atoms with E-state index in [9.17, 15) is 19.7 Å². The normalized spacial score (nSPS) is 16.2. The van der Waals surface area contributed by atoms with E-state index in [-0.39, 0.29) is 17.1 Å². The molecule has 1 aliphatic rings. The summed E-state index contributed by atoms with van der Waals surface area (Å²) in [4.78, 5) is 36.0. The van der Waals surface area contributed by atoms with Gasteiger partial charge in [0.1, 0.15) is 5.76 Å². The number of halogens is 1. The number of non-ortho nitro benzene ring substituents is 1. The molecule has 9 heteroatoms. The summed E-state index contributed by atoms with van der Waals surface area (Å²) in [7, 11) is 0. The maximum Gasteiger partial charge on any atom is 0.293 e. The molecule has 2 heterocycles. The first-order valence-corrected chi connectivity index (χ1v) is 8.29. The largest absolute Gasteiger partial charge is 0.450 e. The number of rotatable bonds is 4. The molecule has 1 saturated heterocycles. The topological polar surface area (TPSA) is 93.7 Å². The molecule has 122 valence electrons. The second-order valence-corrected chi connectivity index (χ2v) is 6.61. The first-order chi connectivity index (χ1) is 11.4. The standard InChI is InChI=1S/C15H9BrN2O5S/c16-13-5-4-11(23-13)7-12-14(19)17(15(20)24-12)8-9-2-1-3-10(6-9)18(21)22/h1-7H,8H2/b12-7+. The molecule has 1 aromatic carbocycles. The van der Waals surface area contributed by atoms with E-state index < -0.39 is 16.1 Å². The first kappa shape index (κ1) is 16.5. The Labute approximate surface area is 148 Å². The SMILES string of the molecule is O=C1S/C(=C/c2ccc(Br)o2)C(=O)N1Cc1cccc([N+](=O)[O-])c1. The van der Waals surface area contributed by atoms with Gasteiger partial charge in [0.15, 0.2) is 4.67 Å². The number of carbonyl (C=O) groups is 2. The van der Waals surface area contributed by atoms with Crippen molar-refractivity contribution in [2.45, 2.75) is 6.54 Å². The third kappa shape index (κ3) is 3.41. The van der Waals surface area contributed by atoms with Crippen LogP contribution in [0.2, 0.25) is 0 Å². The molecule has 0 saturated carbocycles. The quantitative estimate of drug-likeness (QED) is 0.427. The van der Waals surface area contributed by atoms with Crippen LogP contribution in [-0.2, 0) is 11.3 Å². The van der Waals surface area contributed by atoms with Crippen molar-refractivity contribution >= 4 is 50.6 Å². The van der Waals surface area contributed by atoms with Crippen molar-refractivity contribution in [3.05, 3.63) is 67.4 Å². The Hall–Kier alpha value is -2.39. The van der Waals surface area contributed by atoms with Gasteiger partial charge in [-0.25, -0.2) is 0 Å². The van der Waals surface area contributed by atoms with E-state index in [0.717, 1.165) is 16.7 Å². The number of benzene rings is 1. The van der Waals surface area contributed by atoms with Crippen LogP contribution in [0.5, 0.6) is 0 Å². The van der Waals surface area contributed by atoms with E-state index in [1.54, 1.807) is 18.2 Å². The minimum atomic E-state index is -0.522. The lowest BCUT2D eigenvalue weighted by atomic mass is 10.2. The van der Waals surface area contributed by atoms with Crippen molar-refractivity contribution in [3.8, 4) is 0 Å². The lowest BCUT2D eigenvalue weighted by molar-refractivity contribution is -0.384. The summed E-state index contributed by atoms with van der Waals surface area (Å²) in [6.45, 7) is -0.0223. The van der Waals surface area contributed by atoms with Crippen molar-refractivity contribution in [2.24, 2.45) is 0 Å². The van der Waals surface area contributed by atoms with E-state index in [4.69, 9.17) is 4.42 Å². The van der Waals surface area contributed by atoms with Crippen LogP contribution in [0.4, 0.5) is 10.5 Å². The zero-order valence-electron chi connectivity index (χ0n) is 12.0. The van der Waals surface area contributed by atoms with Gasteiger partial charge < -0.3 is 4.42 Å². The van der Waals surface area contributed by atoms with Crippen molar-refractivity contribution in [1.29, 1.82) is 0 Å². The number of thioether (sulfide) groups is 1. The summed E-state index contributed by atoms with van der Waals surface area (Å²) in [5.74, 6) is -0.00764. The first-order valence-electron chi connectivity index (χ1n) is 6.68. The Balaban J connectivity index is 1.81. The molecular formula is C15H9BrN2O5S. The van der Waals surface area contributed by atoms with Gasteiger partial charge in [-0.2, -0.15) is 0 Å². The van der Waals surface area contributed by atoms with Crippen molar-refractivity contribution < 1.29 is 18.9 Å². The molecular weight excluding hydrogens is 400 g/mol. The van der Waals surface area contributed by atoms with Crippen LogP contribution < -0.4 is 0 Å². The highest BCUT2D eigenvalue weighted by molar-refractivity contribution is 9.10. The Morgan fingerprint density at radius 3 is 2.75 bits per heavy atom. The zero-order chi connectivity index (χ0) is 17.3. The predicted molar refractivity (Wildman–Crippen MR) is 91.0 cm³/mol. The Kier molecular flexibility index (Phi) is 4.54. The number of nitro groups is 1. The number of hydrogen-bond donors (Lipinski definition) is 0. The Morgan fingerprint density at radius 1 is 1.29 bits per heavy atom. The monoisotopic (exact) mass is 408 g/mol. The van der Waals surface area contributed by atoms with E-state index >= 15 is 0 Å². The summed E-state index contributed by atoms with van der Waals surface area (Å²) in [6.07, 6.45) is 1.49. The molecule has 0 radical (unpaired) electrons. The van der Waals surface area contributed by atoms with Crippen LogP contribution in [0.3, 0.4) is 0 Å². The smallest absolute Gasteiger partial charge is 0.293 e. The third-order valence-electron chi connectivity index (χ3n) is 3.20. The van der Waals surface area contributed by atoms with E-state index in [0.29, 0.717) is 16.0 Å². The average Bonchev–Trinajstić information content (AvgIpc) is 3.06. The Morgan fingerprint density at radius 2 is 2.08 bits per heavy atom. The molecule has 0 N–H and O–H groups in total. The van der Waals surface area contributed by atoms with Crippen LogP contribution >= 0.6 is 27.7 Å². The average molecular weight is 409 g/mol. The lowest BCUT2D eigenvalue weighted by Gasteiger charge is -2.12. The molecule has 3 rings (SSSR count). The van der Waals surface area contributed by atoms with Gasteiger partial charge in [-0.1, -0.05) is 12.1 Å². The summed E-state index contributed by atoms with van der Waals surface area (Å²) >= 11 is 3.97. The van der Waals surface area contributed by atoms with Gasteiger partial charge in [-0.3, -0.25) is 24.6 Å². The Bertz CT molecular complexity index is 876. The minimum Gasteiger partial charge on any atom is -0.450 e. The second kappa shape index (κ2) is 6.62. The molecule has 24 heavy (non-hydrogen) atoms. The van der Waals surface area contributed by atoms with Gasteiger partial charge >= 0.3 is 0 Å². The van der Waals surface area contributed by atoms with E-state index in [1.807, 2.05) is 0 Å². The van der Waals surface area contributed by atoms with Crippen LogP contribution in [0, 0.1) is 10.1 Å². The van der Waals surface area contributed by atoms with E-state index in [2.05, 4.69) is 15.9 Å². The maximum absolute atomic E-state index is 12.4. The highest BCUT2D eigenvalue weighted by Crippen LogP contribution is 2.34. The molecule has 1 aromatic heterocycles. The molecule has 1 fully saturated rings. The fraction of sp³-hybridized carbons (Fsp3) is 0.0667. The number of imide groups is 1. The molecule has 0 spiro atoms. The number of nitro benzene ring substituents is 1. The zero-order valence-corrected chi connectivity index (χ0v) is 14.4. The molecule has 0 atom stereocenters. The fourth-order valence-electron chi connectivity index (χ4n) is 2.12. The maximum atomic E-state index is 12.4. The summed E-state index contributed by atoms with van der Waals surface area (Å²) in [5.41, 5.74) is 0.420. The minimum absolute atomic E-state index is 0.0223. The van der Waals surface area contributed by atoms with E-state index in [1.165, 1.54) is 24.3 Å². The number of hydrogen-bond acceptors (Lipinski definition) is 6.